The van der Waals surface area contributed by atoms with Gasteiger partial charge in [0.05, 0.1) is 0 Å². The van der Waals surface area contributed by atoms with E-state index in [4.69, 9.17) is 0 Å². The lowest BCUT2D eigenvalue weighted by atomic mass is 10.0. The molecule has 1 aromatic rings. The lowest BCUT2D eigenvalue weighted by Gasteiger charge is -2.19. The van der Waals surface area contributed by atoms with Crippen LogP contribution in [0, 0.1) is 11.6 Å². The fraction of sp³-hybridized carbons (Fsp3) is 0.538. The Morgan fingerprint density at radius 3 is 2.16 bits per heavy atom. The zero-order valence-electron chi connectivity index (χ0n) is 10.5. The summed E-state index contributed by atoms with van der Waals surface area (Å²) in [6.45, 7) is 2.29. The molecule has 0 saturated carbocycles. The van der Waals surface area contributed by atoms with Crippen LogP contribution < -0.4 is 5.32 Å². The maximum Gasteiger partial charge on any atom is 0.389 e. The standard InChI is InChI=1S/C13H16F5N/c1-2-19-12(4-3-5-13(16,17)18)9-6-10(14)8-11(15)7-9/h6-8,12,19H,2-5H2,1H3. The van der Waals surface area contributed by atoms with Gasteiger partial charge in [-0.2, -0.15) is 13.2 Å². The summed E-state index contributed by atoms with van der Waals surface area (Å²) in [4.78, 5) is 0. The lowest BCUT2D eigenvalue weighted by molar-refractivity contribution is -0.135. The summed E-state index contributed by atoms with van der Waals surface area (Å²) in [5, 5.41) is 2.94. The lowest BCUT2D eigenvalue weighted by Crippen LogP contribution is -2.22. The first-order valence-corrected chi connectivity index (χ1v) is 6.08. The third kappa shape index (κ3) is 6.00. The Hall–Kier alpha value is -1.17. The van der Waals surface area contributed by atoms with Crippen molar-refractivity contribution in [2.75, 3.05) is 6.54 Å². The van der Waals surface area contributed by atoms with Gasteiger partial charge in [0.15, 0.2) is 0 Å². The van der Waals surface area contributed by atoms with Gasteiger partial charge >= 0.3 is 6.18 Å². The van der Waals surface area contributed by atoms with Crippen LogP contribution in [0.4, 0.5) is 22.0 Å². The third-order valence-corrected chi connectivity index (χ3v) is 2.69. The quantitative estimate of drug-likeness (QED) is 0.764. The summed E-state index contributed by atoms with van der Waals surface area (Å²) in [7, 11) is 0. The van der Waals surface area contributed by atoms with Gasteiger partial charge in [-0.15, -0.1) is 0 Å². The van der Waals surface area contributed by atoms with E-state index >= 15 is 0 Å². The molecule has 0 radical (unpaired) electrons. The second kappa shape index (κ2) is 6.84. The summed E-state index contributed by atoms with van der Waals surface area (Å²) in [6, 6.07) is 2.55. The van der Waals surface area contributed by atoms with Crippen molar-refractivity contribution < 1.29 is 22.0 Å². The molecule has 1 unspecified atom stereocenters. The Morgan fingerprint density at radius 1 is 1.11 bits per heavy atom. The minimum absolute atomic E-state index is 0.0840. The molecule has 1 nitrogen and oxygen atoms in total. The van der Waals surface area contributed by atoms with Crippen molar-refractivity contribution >= 4 is 0 Å². The fourth-order valence-electron chi connectivity index (χ4n) is 1.92. The van der Waals surface area contributed by atoms with Crippen LogP contribution in [0.5, 0.6) is 0 Å². The molecular weight excluding hydrogens is 265 g/mol. The SMILES string of the molecule is CCNC(CCCC(F)(F)F)c1cc(F)cc(F)c1. The van der Waals surface area contributed by atoms with Crippen LogP contribution >= 0.6 is 0 Å². The highest BCUT2D eigenvalue weighted by atomic mass is 19.4. The topological polar surface area (TPSA) is 12.0 Å². The summed E-state index contributed by atoms with van der Waals surface area (Å²) in [5.74, 6) is -1.46. The molecule has 0 saturated heterocycles. The molecule has 108 valence electrons. The van der Waals surface area contributed by atoms with Crippen LogP contribution in [0.15, 0.2) is 18.2 Å². The molecule has 0 fully saturated rings. The van der Waals surface area contributed by atoms with Crippen LogP contribution in [0.1, 0.15) is 37.8 Å². The molecule has 0 bridgehead atoms. The first-order chi connectivity index (χ1) is 8.81. The van der Waals surface area contributed by atoms with Gasteiger partial charge in [0, 0.05) is 18.5 Å². The number of halogens is 5. The van der Waals surface area contributed by atoms with E-state index in [-0.39, 0.29) is 12.8 Å². The van der Waals surface area contributed by atoms with E-state index in [0.717, 1.165) is 18.2 Å². The smallest absolute Gasteiger partial charge is 0.310 e. The third-order valence-electron chi connectivity index (χ3n) is 2.69. The average molecular weight is 281 g/mol. The maximum absolute atomic E-state index is 13.1. The number of benzene rings is 1. The van der Waals surface area contributed by atoms with Crippen molar-refractivity contribution in [3.05, 3.63) is 35.4 Å². The largest absolute Gasteiger partial charge is 0.389 e. The average Bonchev–Trinajstić information content (AvgIpc) is 2.25. The van der Waals surface area contributed by atoms with E-state index in [1.54, 1.807) is 6.92 Å². The van der Waals surface area contributed by atoms with Crippen molar-refractivity contribution in [3.8, 4) is 0 Å². The zero-order valence-corrected chi connectivity index (χ0v) is 10.5. The normalized spacial score (nSPS) is 13.6. The first kappa shape index (κ1) is 15.9. The van der Waals surface area contributed by atoms with E-state index in [9.17, 15) is 22.0 Å². The van der Waals surface area contributed by atoms with Crippen LogP contribution in [-0.4, -0.2) is 12.7 Å². The number of nitrogens with one attached hydrogen (secondary N) is 1. The molecule has 0 amide bonds. The molecule has 0 aliphatic rings. The minimum atomic E-state index is -4.20. The van der Waals surface area contributed by atoms with E-state index in [1.165, 1.54) is 0 Å². The highest BCUT2D eigenvalue weighted by molar-refractivity contribution is 5.21. The van der Waals surface area contributed by atoms with E-state index in [0.29, 0.717) is 12.1 Å². The molecule has 1 N–H and O–H groups in total. The van der Waals surface area contributed by atoms with Gasteiger partial charge in [-0.25, -0.2) is 8.78 Å². The summed E-state index contributed by atoms with van der Waals surface area (Å²) in [5.41, 5.74) is 0.335. The highest BCUT2D eigenvalue weighted by Gasteiger charge is 2.27. The van der Waals surface area contributed by atoms with Crippen molar-refractivity contribution in [1.82, 2.24) is 5.32 Å². The van der Waals surface area contributed by atoms with Gasteiger partial charge in [-0.1, -0.05) is 6.92 Å². The van der Waals surface area contributed by atoms with E-state index < -0.39 is 30.3 Å². The number of alkyl halides is 3. The maximum atomic E-state index is 13.1. The number of hydrogen-bond acceptors (Lipinski definition) is 1. The summed E-state index contributed by atoms with van der Waals surface area (Å²) in [6.07, 6.45) is -5.01. The Labute approximate surface area is 108 Å². The molecule has 6 heteroatoms. The van der Waals surface area contributed by atoms with E-state index in [1.807, 2.05) is 0 Å². The summed E-state index contributed by atoms with van der Waals surface area (Å²) >= 11 is 0. The second-order valence-corrected chi connectivity index (χ2v) is 4.32. The van der Waals surface area contributed by atoms with Gasteiger partial charge < -0.3 is 5.32 Å². The molecule has 0 heterocycles. The minimum Gasteiger partial charge on any atom is -0.310 e. The van der Waals surface area contributed by atoms with Crippen molar-refractivity contribution in [2.45, 2.75) is 38.4 Å². The Balaban J connectivity index is 2.71. The molecule has 0 aliphatic heterocycles. The predicted octanol–water partition coefficient (Wildman–Crippen LogP) is 4.35. The molecule has 0 spiro atoms. The van der Waals surface area contributed by atoms with E-state index in [2.05, 4.69) is 5.32 Å². The molecule has 19 heavy (non-hydrogen) atoms. The van der Waals surface area contributed by atoms with Gasteiger partial charge in [-0.3, -0.25) is 0 Å². The molecular formula is C13H16F5N. The molecule has 0 aromatic heterocycles. The van der Waals surface area contributed by atoms with Crippen molar-refractivity contribution in [2.24, 2.45) is 0 Å². The zero-order chi connectivity index (χ0) is 14.5. The Bertz CT molecular complexity index is 382. The van der Waals surface area contributed by atoms with Crippen LogP contribution in [0.25, 0.3) is 0 Å². The van der Waals surface area contributed by atoms with Crippen molar-refractivity contribution in [3.63, 3.8) is 0 Å². The van der Waals surface area contributed by atoms with Crippen molar-refractivity contribution in [1.29, 1.82) is 0 Å². The number of hydrogen-bond donors (Lipinski definition) is 1. The monoisotopic (exact) mass is 281 g/mol. The first-order valence-electron chi connectivity index (χ1n) is 6.08. The van der Waals surface area contributed by atoms with Gasteiger partial charge in [0.25, 0.3) is 0 Å². The van der Waals surface area contributed by atoms with Crippen LogP contribution in [0.3, 0.4) is 0 Å². The van der Waals surface area contributed by atoms with Gasteiger partial charge in [0.2, 0.25) is 0 Å². The van der Waals surface area contributed by atoms with Crippen LogP contribution in [-0.2, 0) is 0 Å². The molecule has 0 aliphatic carbocycles. The predicted molar refractivity (Wildman–Crippen MR) is 62.7 cm³/mol. The second-order valence-electron chi connectivity index (χ2n) is 4.32. The Morgan fingerprint density at radius 2 is 1.68 bits per heavy atom. The summed E-state index contributed by atoms with van der Waals surface area (Å²) < 4.78 is 62.4. The molecule has 1 rings (SSSR count). The Kier molecular flexibility index (Phi) is 5.72. The molecule has 1 aromatic carbocycles. The van der Waals surface area contributed by atoms with Crippen LogP contribution in [0.2, 0.25) is 0 Å². The van der Waals surface area contributed by atoms with Gasteiger partial charge in [-0.05, 0) is 37.1 Å². The van der Waals surface area contributed by atoms with Gasteiger partial charge in [0.1, 0.15) is 11.6 Å². The molecule has 1 atom stereocenters. The fourth-order valence-corrected chi connectivity index (χ4v) is 1.92. The number of rotatable bonds is 6. The highest BCUT2D eigenvalue weighted by Crippen LogP contribution is 2.27.